The highest BCUT2D eigenvalue weighted by atomic mass is 79.9. The van der Waals surface area contributed by atoms with E-state index in [4.69, 9.17) is 16.3 Å². The van der Waals surface area contributed by atoms with Gasteiger partial charge < -0.3 is 10.1 Å². The highest BCUT2D eigenvalue weighted by Crippen LogP contribution is 2.30. The summed E-state index contributed by atoms with van der Waals surface area (Å²) < 4.78 is 6.44. The van der Waals surface area contributed by atoms with Crippen molar-refractivity contribution < 1.29 is 9.53 Å². The molecule has 1 N–H and O–H groups in total. The molecule has 0 radical (unpaired) electrons. The van der Waals surface area contributed by atoms with Gasteiger partial charge in [-0.05, 0) is 65.2 Å². The molecular formula is C16H15BrClNO2. The maximum Gasteiger partial charge on any atom is 0.262 e. The van der Waals surface area contributed by atoms with Gasteiger partial charge in [-0.3, -0.25) is 4.79 Å². The van der Waals surface area contributed by atoms with Crippen LogP contribution in [0.1, 0.15) is 11.1 Å². The fourth-order valence-electron chi connectivity index (χ4n) is 1.99. The molecule has 2 aromatic rings. The molecule has 0 spiro atoms. The summed E-state index contributed by atoms with van der Waals surface area (Å²) in [7, 11) is 0. The molecule has 110 valence electrons. The minimum absolute atomic E-state index is 0.0605. The van der Waals surface area contributed by atoms with E-state index in [0.717, 1.165) is 15.6 Å². The molecule has 21 heavy (non-hydrogen) atoms. The first-order valence-electron chi connectivity index (χ1n) is 6.40. The molecule has 0 aliphatic heterocycles. The summed E-state index contributed by atoms with van der Waals surface area (Å²) in [5.41, 5.74) is 2.77. The molecule has 0 aliphatic carbocycles. The fraction of sp³-hybridized carbons (Fsp3) is 0.188. The normalized spacial score (nSPS) is 10.3. The number of benzene rings is 2. The van der Waals surface area contributed by atoms with Gasteiger partial charge in [0.1, 0.15) is 5.75 Å². The molecule has 0 heterocycles. The van der Waals surface area contributed by atoms with Crippen LogP contribution in [0, 0.1) is 13.8 Å². The average molecular weight is 369 g/mol. The highest BCUT2D eigenvalue weighted by molar-refractivity contribution is 9.10. The Balaban J connectivity index is 1.99. The van der Waals surface area contributed by atoms with Gasteiger partial charge in [-0.1, -0.05) is 23.7 Å². The Hall–Kier alpha value is -1.52. The second-order valence-corrected chi connectivity index (χ2v) is 6.03. The van der Waals surface area contributed by atoms with Crippen LogP contribution in [0.4, 0.5) is 5.69 Å². The second-order valence-electron chi connectivity index (χ2n) is 4.74. The Kier molecular flexibility index (Phi) is 5.26. The lowest BCUT2D eigenvalue weighted by Crippen LogP contribution is -2.20. The predicted octanol–water partition coefficient (Wildman–Crippen LogP) is 4.74. The molecule has 3 nitrogen and oxygen atoms in total. The number of hydrogen-bond acceptors (Lipinski definition) is 2. The van der Waals surface area contributed by atoms with Gasteiger partial charge in [0, 0.05) is 10.7 Å². The predicted molar refractivity (Wildman–Crippen MR) is 89.2 cm³/mol. The van der Waals surface area contributed by atoms with Gasteiger partial charge in [-0.25, -0.2) is 0 Å². The molecular weight excluding hydrogens is 354 g/mol. The van der Waals surface area contributed by atoms with Crippen LogP contribution in [-0.2, 0) is 4.79 Å². The molecule has 0 bridgehead atoms. The molecule has 0 unspecified atom stereocenters. The number of amides is 1. The number of carbonyl (C=O) groups is 1. The van der Waals surface area contributed by atoms with Crippen molar-refractivity contribution in [2.45, 2.75) is 13.8 Å². The third-order valence-electron chi connectivity index (χ3n) is 2.83. The van der Waals surface area contributed by atoms with Gasteiger partial charge in [0.2, 0.25) is 0 Å². The molecule has 2 rings (SSSR count). The van der Waals surface area contributed by atoms with Gasteiger partial charge >= 0.3 is 0 Å². The van der Waals surface area contributed by atoms with E-state index in [9.17, 15) is 4.79 Å². The van der Waals surface area contributed by atoms with Crippen LogP contribution in [0.25, 0.3) is 0 Å². The zero-order chi connectivity index (χ0) is 15.4. The molecule has 0 atom stereocenters. The smallest absolute Gasteiger partial charge is 0.262 e. The molecule has 5 heteroatoms. The lowest BCUT2D eigenvalue weighted by atomic mass is 10.1. The molecule has 0 saturated heterocycles. The Morgan fingerprint density at radius 1 is 1.29 bits per heavy atom. The van der Waals surface area contributed by atoms with E-state index < -0.39 is 0 Å². The summed E-state index contributed by atoms with van der Waals surface area (Å²) >= 11 is 9.32. The van der Waals surface area contributed by atoms with Gasteiger partial charge in [0.15, 0.2) is 6.61 Å². The first-order chi connectivity index (χ1) is 9.95. The summed E-state index contributed by atoms with van der Waals surface area (Å²) in [6.07, 6.45) is 0. The lowest BCUT2D eigenvalue weighted by molar-refractivity contribution is -0.118. The Labute approximate surface area is 137 Å². The maximum atomic E-state index is 11.9. The number of anilines is 1. The van der Waals surface area contributed by atoms with Crippen molar-refractivity contribution in [3.05, 3.63) is 57.0 Å². The number of rotatable bonds is 4. The van der Waals surface area contributed by atoms with E-state index in [1.165, 1.54) is 0 Å². The Bertz CT molecular complexity index is 650. The van der Waals surface area contributed by atoms with Gasteiger partial charge in [-0.15, -0.1) is 0 Å². The summed E-state index contributed by atoms with van der Waals surface area (Å²) in [6, 6.07) is 11.0. The van der Waals surface area contributed by atoms with Crippen molar-refractivity contribution in [1.82, 2.24) is 0 Å². The number of aryl methyl sites for hydroxylation is 2. The molecule has 0 fully saturated rings. The van der Waals surface area contributed by atoms with Crippen molar-refractivity contribution in [2.24, 2.45) is 0 Å². The van der Waals surface area contributed by atoms with Crippen LogP contribution in [-0.4, -0.2) is 12.5 Å². The first-order valence-corrected chi connectivity index (χ1v) is 7.58. The van der Waals surface area contributed by atoms with Crippen LogP contribution >= 0.6 is 27.5 Å². The van der Waals surface area contributed by atoms with Crippen LogP contribution in [0.2, 0.25) is 5.02 Å². The fourth-order valence-corrected chi connectivity index (χ4v) is 2.96. The summed E-state index contributed by atoms with van der Waals surface area (Å²) in [5.74, 6) is 0.450. The van der Waals surface area contributed by atoms with Gasteiger partial charge in [0.25, 0.3) is 5.91 Å². The van der Waals surface area contributed by atoms with Crippen molar-refractivity contribution in [1.29, 1.82) is 0 Å². The number of ether oxygens (including phenoxy) is 1. The zero-order valence-electron chi connectivity index (χ0n) is 11.7. The van der Waals surface area contributed by atoms with E-state index in [1.54, 1.807) is 24.3 Å². The molecule has 0 aliphatic rings. The van der Waals surface area contributed by atoms with E-state index >= 15 is 0 Å². The van der Waals surface area contributed by atoms with Crippen molar-refractivity contribution in [2.75, 3.05) is 11.9 Å². The van der Waals surface area contributed by atoms with Crippen LogP contribution in [0.15, 0.2) is 40.9 Å². The molecule has 0 saturated carbocycles. The molecule has 1 amide bonds. The quantitative estimate of drug-likeness (QED) is 0.846. The summed E-state index contributed by atoms with van der Waals surface area (Å²) in [6.45, 7) is 3.89. The van der Waals surface area contributed by atoms with Crippen molar-refractivity contribution in [3.63, 3.8) is 0 Å². The van der Waals surface area contributed by atoms with E-state index in [-0.39, 0.29) is 12.5 Å². The van der Waals surface area contributed by atoms with Crippen LogP contribution < -0.4 is 10.1 Å². The highest BCUT2D eigenvalue weighted by Gasteiger charge is 2.09. The van der Waals surface area contributed by atoms with E-state index in [1.807, 2.05) is 26.0 Å². The zero-order valence-corrected chi connectivity index (χ0v) is 14.1. The number of halogens is 2. The van der Waals surface area contributed by atoms with Gasteiger partial charge in [0.05, 0.1) is 4.47 Å². The number of nitrogens with one attached hydrogen (secondary N) is 1. The first kappa shape index (κ1) is 15.9. The maximum absolute atomic E-state index is 11.9. The SMILES string of the molecule is Cc1cc(C)c(OCC(=O)Nc2cccc(Cl)c2)c(Br)c1. The van der Waals surface area contributed by atoms with Gasteiger partial charge in [-0.2, -0.15) is 0 Å². The number of carbonyl (C=O) groups excluding carboxylic acids is 1. The average Bonchev–Trinajstić information content (AvgIpc) is 2.37. The lowest BCUT2D eigenvalue weighted by Gasteiger charge is -2.12. The topological polar surface area (TPSA) is 38.3 Å². The van der Waals surface area contributed by atoms with E-state index in [2.05, 4.69) is 21.2 Å². The number of hydrogen-bond donors (Lipinski definition) is 1. The molecule has 0 aromatic heterocycles. The van der Waals surface area contributed by atoms with Crippen LogP contribution in [0.3, 0.4) is 0 Å². The monoisotopic (exact) mass is 367 g/mol. The minimum atomic E-state index is -0.232. The van der Waals surface area contributed by atoms with Crippen molar-refractivity contribution in [3.8, 4) is 5.75 Å². The Morgan fingerprint density at radius 3 is 2.71 bits per heavy atom. The second kappa shape index (κ2) is 6.96. The summed E-state index contributed by atoms with van der Waals surface area (Å²) in [4.78, 5) is 11.9. The third-order valence-corrected chi connectivity index (χ3v) is 3.65. The molecule has 2 aromatic carbocycles. The van der Waals surface area contributed by atoms with Crippen LogP contribution in [0.5, 0.6) is 5.75 Å². The Morgan fingerprint density at radius 2 is 2.05 bits per heavy atom. The third kappa shape index (κ3) is 4.48. The standard InChI is InChI=1S/C16H15BrClNO2/c1-10-6-11(2)16(14(17)7-10)21-9-15(20)19-13-5-3-4-12(18)8-13/h3-8H,9H2,1-2H3,(H,19,20). The minimum Gasteiger partial charge on any atom is -0.482 e. The van der Waals surface area contributed by atoms with Crippen molar-refractivity contribution >= 4 is 39.1 Å². The van der Waals surface area contributed by atoms with E-state index in [0.29, 0.717) is 16.5 Å². The summed E-state index contributed by atoms with van der Waals surface area (Å²) in [5, 5.41) is 3.31. The largest absolute Gasteiger partial charge is 0.482 e.